The predicted molar refractivity (Wildman–Crippen MR) is 66.0 cm³/mol. The van der Waals surface area contributed by atoms with Crippen molar-refractivity contribution in [3.63, 3.8) is 0 Å². The molecule has 9 heteroatoms. The molecule has 19 heavy (non-hydrogen) atoms. The highest BCUT2D eigenvalue weighted by Crippen LogP contribution is 2.11. The van der Waals surface area contributed by atoms with Crippen molar-refractivity contribution in [1.29, 1.82) is 0 Å². The van der Waals surface area contributed by atoms with Gasteiger partial charge in [-0.15, -0.1) is 0 Å². The Morgan fingerprint density at radius 1 is 1.47 bits per heavy atom. The van der Waals surface area contributed by atoms with Gasteiger partial charge in [0.1, 0.15) is 10.6 Å². The van der Waals surface area contributed by atoms with Crippen molar-refractivity contribution in [3.05, 3.63) is 18.0 Å². The number of rotatable bonds is 6. The monoisotopic (exact) mass is 289 g/mol. The highest BCUT2D eigenvalue weighted by atomic mass is 32.2. The summed E-state index contributed by atoms with van der Waals surface area (Å²) in [5.74, 6) is -1.42. The Morgan fingerprint density at radius 2 is 2.11 bits per heavy atom. The van der Waals surface area contributed by atoms with E-state index in [9.17, 15) is 18.0 Å². The van der Waals surface area contributed by atoms with E-state index in [4.69, 9.17) is 10.2 Å². The molecule has 0 bridgehead atoms. The first-order chi connectivity index (χ1) is 8.71. The van der Waals surface area contributed by atoms with Crippen LogP contribution in [-0.4, -0.2) is 36.5 Å². The van der Waals surface area contributed by atoms with Crippen LogP contribution in [0.4, 0.5) is 0 Å². The Hall–Kier alpha value is -1.87. The lowest BCUT2D eigenvalue weighted by molar-refractivity contribution is -0.137. The van der Waals surface area contributed by atoms with Crippen molar-refractivity contribution in [3.8, 4) is 0 Å². The van der Waals surface area contributed by atoms with Gasteiger partial charge in [-0.3, -0.25) is 9.59 Å². The standard InChI is InChI=1S/C10H15N3O5S/c1-13-6-7(19(11,17)18)5-8(13)10(16)12-4-2-3-9(14)15/h5-6H,2-4H2,1H3,(H,12,16)(H,14,15)(H2,11,17,18). The third-order valence-electron chi connectivity index (χ3n) is 2.39. The lowest BCUT2D eigenvalue weighted by Crippen LogP contribution is -2.26. The summed E-state index contributed by atoms with van der Waals surface area (Å²) in [6.45, 7) is 0.195. The minimum atomic E-state index is -3.85. The van der Waals surface area contributed by atoms with Crippen molar-refractivity contribution in [1.82, 2.24) is 9.88 Å². The van der Waals surface area contributed by atoms with Crippen molar-refractivity contribution >= 4 is 21.9 Å². The van der Waals surface area contributed by atoms with Crippen LogP contribution >= 0.6 is 0 Å². The van der Waals surface area contributed by atoms with Crippen LogP contribution in [0.3, 0.4) is 0 Å². The SMILES string of the molecule is Cn1cc(S(N)(=O)=O)cc1C(=O)NCCCC(=O)O. The fourth-order valence-corrected chi connectivity index (χ4v) is 2.03. The van der Waals surface area contributed by atoms with Gasteiger partial charge >= 0.3 is 5.97 Å². The normalized spacial score (nSPS) is 11.3. The molecule has 106 valence electrons. The van der Waals surface area contributed by atoms with Crippen molar-refractivity contribution in [2.24, 2.45) is 12.2 Å². The van der Waals surface area contributed by atoms with Crippen LogP contribution in [0.25, 0.3) is 0 Å². The summed E-state index contributed by atoms with van der Waals surface area (Å²) in [6, 6.07) is 1.17. The van der Waals surface area contributed by atoms with E-state index in [1.807, 2.05) is 0 Å². The fourth-order valence-electron chi connectivity index (χ4n) is 1.45. The predicted octanol–water partition coefficient (Wildman–Crippen LogP) is -0.733. The number of hydrogen-bond donors (Lipinski definition) is 3. The van der Waals surface area contributed by atoms with E-state index in [1.54, 1.807) is 0 Å². The number of carbonyl (C=O) groups excluding carboxylic acids is 1. The van der Waals surface area contributed by atoms with Crippen LogP contribution in [0.1, 0.15) is 23.3 Å². The first kappa shape index (κ1) is 15.2. The summed E-state index contributed by atoms with van der Waals surface area (Å²) in [5, 5.41) is 15.9. The molecule has 1 heterocycles. The lowest BCUT2D eigenvalue weighted by atomic mass is 10.3. The number of aromatic nitrogens is 1. The van der Waals surface area contributed by atoms with Gasteiger partial charge in [-0.2, -0.15) is 0 Å². The third kappa shape index (κ3) is 4.38. The van der Waals surface area contributed by atoms with Crippen molar-refractivity contribution in [2.45, 2.75) is 17.7 Å². The zero-order valence-corrected chi connectivity index (χ0v) is 11.1. The number of primary sulfonamides is 1. The van der Waals surface area contributed by atoms with Crippen molar-refractivity contribution < 1.29 is 23.1 Å². The number of aryl methyl sites for hydroxylation is 1. The molecule has 4 N–H and O–H groups in total. The topological polar surface area (TPSA) is 131 Å². The molecule has 0 radical (unpaired) electrons. The highest BCUT2D eigenvalue weighted by molar-refractivity contribution is 7.89. The molecule has 1 amide bonds. The summed E-state index contributed by atoms with van der Waals surface area (Å²) in [6.07, 6.45) is 1.49. The van der Waals surface area contributed by atoms with Gasteiger partial charge in [0.05, 0.1) is 0 Å². The largest absolute Gasteiger partial charge is 0.481 e. The summed E-state index contributed by atoms with van der Waals surface area (Å²) >= 11 is 0. The maximum Gasteiger partial charge on any atom is 0.303 e. The van der Waals surface area contributed by atoms with Crippen LogP contribution in [0, 0.1) is 0 Å². The molecule has 0 atom stereocenters. The molecule has 1 aromatic rings. The van der Waals surface area contributed by atoms with Gasteiger partial charge in [0.15, 0.2) is 0 Å². The van der Waals surface area contributed by atoms with Crippen LogP contribution in [-0.2, 0) is 21.9 Å². The number of nitrogens with one attached hydrogen (secondary N) is 1. The average molecular weight is 289 g/mol. The average Bonchev–Trinajstić information content (AvgIpc) is 2.66. The van der Waals surface area contributed by atoms with E-state index in [0.29, 0.717) is 6.42 Å². The maximum atomic E-state index is 11.7. The number of sulfonamides is 1. The number of aliphatic carboxylic acids is 1. The second-order valence-corrected chi connectivity index (χ2v) is 5.53. The maximum absolute atomic E-state index is 11.7. The molecule has 8 nitrogen and oxygen atoms in total. The number of nitrogens with zero attached hydrogens (tertiary/aromatic N) is 1. The minimum absolute atomic E-state index is 0.0458. The van der Waals surface area contributed by atoms with E-state index < -0.39 is 21.9 Å². The molecule has 0 unspecified atom stereocenters. The molecule has 0 aliphatic heterocycles. The van der Waals surface area contributed by atoms with Crippen LogP contribution in [0.2, 0.25) is 0 Å². The Morgan fingerprint density at radius 3 is 2.58 bits per heavy atom. The second kappa shape index (κ2) is 5.85. The first-order valence-electron chi connectivity index (χ1n) is 5.41. The summed E-state index contributed by atoms with van der Waals surface area (Å²) in [7, 11) is -2.34. The van der Waals surface area contributed by atoms with Gasteiger partial charge in [0.2, 0.25) is 10.0 Å². The van der Waals surface area contributed by atoms with E-state index in [-0.39, 0.29) is 23.6 Å². The smallest absolute Gasteiger partial charge is 0.303 e. The van der Waals surface area contributed by atoms with Gasteiger partial charge in [-0.25, -0.2) is 13.6 Å². The first-order valence-corrected chi connectivity index (χ1v) is 6.95. The summed E-state index contributed by atoms with van der Waals surface area (Å²) < 4.78 is 23.6. The fraction of sp³-hybridized carbons (Fsp3) is 0.400. The quantitative estimate of drug-likeness (QED) is 0.594. The second-order valence-electron chi connectivity index (χ2n) is 3.97. The zero-order chi connectivity index (χ0) is 14.6. The molecule has 1 rings (SSSR count). The molecule has 0 aliphatic rings. The third-order valence-corrected chi connectivity index (χ3v) is 3.27. The van der Waals surface area contributed by atoms with Gasteiger partial charge in [0, 0.05) is 26.2 Å². The van der Waals surface area contributed by atoms with Crippen LogP contribution < -0.4 is 10.5 Å². The Labute approximate surface area is 110 Å². The Bertz CT molecular complexity index is 590. The molecule has 0 saturated heterocycles. The zero-order valence-electron chi connectivity index (χ0n) is 10.3. The van der Waals surface area contributed by atoms with Crippen LogP contribution in [0.15, 0.2) is 17.2 Å². The Kier molecular flexibility index (Phi) is 4.67. The molecule has 0 saturated carbocycles. The van der Waals surface area contributed by atoms with Gasteiger partial charge in [-0.1, -0.05) is 0 Å². The number of hydrogen-bond acceptors (Lipinski definition) is 4. The molecule has 0 fully saturated rings. The molecular formula is C10H15N3O5S. The molecule has 0 aromatic carbocycles. The highest BCUT2D eigenvalue weighted by Gasteiger charge is 2.17. The number of amides is 1. The lowest BCUT2D eigenvalue weighted by Gasteiger charge is -2.04. The Balaban J connectivity index is 2.68. The summed E-state index contributed by atoms with van der Waals surface area (Å²) in [5.41, 5.74) is 0.138. The molecule has 0 spiro atoms. The number of nitrogens with two attached hydrogens (primary N) is 1. The van der Waals surface area contributed by atoms with E-state index >= 15 is 0 Å². The van der Waals surface area contributed by atoms with Gasteiger partial charge in [-0.05, 0) is 12.5 Å². The van der Waals surface area contributed by atoms with Crippen LogP contribution in [0.5, 0.6) is 0 Å². The number of carboxylic acids is 1. The van der Waals surface area contributed by atoms with E-state index in [0.717, 1.165) is 0 Å². The summed E-state index contributed by atoms with van der Waals surface area (Å²) in [4.78, 5) is 21.9. The molecular weight excluding hydrogens is 274 g/mol. The van der Waals surface area contributed by atoms with E-state index in [1.165, 1.54) is 23.9 Å². The van der Waals surface area contributed by atoms with Gasteiger partial charge in [0.25, 0.3) is 5.91 Å². The molecule has 1 aromatic heterocycles. The van der Waals surface area contributed by atoms with Crippen molar-refractivity contribution in [2.75, 3.05) is 6.54 Å². The minimum Gasteiger partial charge on any atom is -0.481 e. The number of carboxylic acid groups (broad SMARTS) is 1. The number of carbonyl (C=O) groups is 2. The molecule has 0 aliphatic carbocycles. The van der Waals surface area contributed by atoms with Gasteiger partial charge < -0.3 is 15.0 Å². The van der Waals surface area contributed by atoms with E-state index in [2.05, 4.69) is 5.32 Å².